The van der Waals surface area contributed by atoms with Crippen molar-refractivity contribution in [3.8, 4) is 0 Å². The van der Waals surface area contributed by atoms with E-state index < -0.39 is 0 Å². The van der Waals surface area contributed by atoms with Crippen LogP contribution in [0.5, 0.6) is 0 Å². The second-order valence-electron chi connectivity index (χ2n) is 7.21. The summed E-state index contributed by atoms with van der Waals surface area (Å²) in [7, 11) is 0. The van der Waals surface area contributed by atoms with Crippen molar-refractivity contribution in [3.63, 3.8) is 0 Å². The van der Waals surface area contributed by atoms with E-state index in [1.807, 2.05) is 12.2 Å². The van der Waals surface area contributed by atoms with Gasteiger partial charge in [0.2, 0.25) is 0 Å². The molecular formula is C16H30O. The Bertz CT molecular complexity index is 213. The third-order valence-electron chi connectivity index (χ3n) is 2.50. The topological polar surface area (TPSA) is 9.23 Å². The largest absolute Gasteiger partial charge is 0.367 e. The molecule has 0 radical (unpaired) electrons. The first-order valence-electron chi connectivity index (χ1n) is 6.48. The van der Waals surface area contributed by atoms with Crippen molar-refractivity contribution in [1.29, 1.82) is 0 Å². The molecule has 0 spiro atoms. The summed E-state index contributed by atoms with van der Waals surface area (Å²) in [5.41, 5.74) is 0.513. The molecule has 0 aromatic carbocycles. The van der Waals surface area contributed by atoms with Crippen LogP contribution >= 0.6 is 0 Å². The highest BCUT2D eigenvalue weighted by Gasteiger charge is 2.22. The molecule has 2 unspecified atom stereocenters. The highest BCUT2D eigenvalue weighted by molar-refractivity contribution is 4.90. The van der Waals surface area contributed by atoms with Gasteiger partial charge in [-0.05, 0) is 23.7 Å². The third kappa shape index (κ3) is 9.17. The predicted octanol–water partition coefficient (Wildman–Crippen LogP) is 4.98. The van der Waals surface area contributed by atoms with Crippen molar-refractivity contribution in [2.24, 2.45) is 10.8 Å². The van der Waals surface area contributed by atoms with Crippen LogP contribution in [-0.2, 0) is 4.74 Å². The van der Waals surface area contributed by atoms with Crippen molar-refractivity contribution in [2.45, 2.75) is 66.6 Å². The fraction of sp³-hybridized carbons (Fsp3) is 0.750. The Morgan fingerprint density at radius 2 is 1.12 bits per heavy atom. The van der Waals surface area contributed by atoms with Crippen LogP contribution in [0.2, 0.25) is 0 Å². The van der Waals surface area contributed by atoms with Crippen LogP contribution in [0.1, 0.15) is 54.4 Å². The molecule has 0 N–H and O–H groups in total. The Kier molecular flexibility index (Phi) is 6.18. The Labute approximate surface area is 108 Å². The highest BCUT2D eigenvalue weighted by Crippen LogP contribution is 2.27. The molecule has 0 rings (SSSR count). The minimum atomic E-state index is 0.111. The summed E-state index contributed by atoms with van der Waals surface area (Å²) < 4.78 is 6.06. The van der Waals surface area contributed by atoms with E-state index >= 15 is 0 Å². The lowest BCUT2D eigenvalue weighted by molar-refractivity contribution is 0.00140. The van der Waals surface area contributed by atoms with Gasteiger partial charge in [-0.1, -0.05) is 53.7 Å². The summed E-state index contributed by atoms with van der Waals surface area (Å²) in [5.74, 6) is 0. The van der Waals surface area contributed by atoms with Gasteiger partial charge in [0.05, 0.1) is 12.2 Å². The monoisotopic (exact) mass is 238 g/mol. The maximum absolute atomic E-state index is 6.06. The molecule has 0 fully saturated rings. The van der Waals surface area contributed by atoms with Gasteiger partial charge >= 0.3 is 0 Å². The number of hydrogen-bond donors (Lipinski definition) is 0. The molecule has 0 saturated heterocycles. The molecule has 0 aliphatic carbocycles. The Morgan fingerprint density at radius 1 is 0.824 bits per heavy atom. The van der Waals surface area contributed by atoms with E-state index in [1.165, 1.54) is 0 Å². The van der Waals surface area contributed by atoms with E-state index in [1.54, 1.807) is 0 Å². The van der Waals surface area contributed by atoms with E-state index in [-0.39, 0.29) is 23.0 Å². The molecule has 0 aliphatic heterocycles. The first kappa shape index (κ1) is 16.4. The van der Waals surface area contributed by atoms with Crippen LogP contribution in [0.15, 0.2) is 25.3 Å². The summed E-state index contributed by atoms with van der Waals surface area (Å²) in [6.45, 7) is 21.1. The molecule has 0 amide bonds. The second kappa shape index (κ2) is 6.39. The van der Waals surface area contributed by atoms with Gasteiger partial charge < -0.3 is 4.74 Å². The van der Waals surface area contributed by atoms with Gasteiger partial charge in [0, 0.05) is 0 Å². The van der Waals surface area contributed by atoms with Crippen molar-refractivity contribution in [3.05, 3.63) is 25.3 Å². The van der Waals surface area contributed by atoms with Crippen LogP contribution in [0.4, 0.5) is 0 Å². The van der Waals surface area contributed by atoms with E-state index in [9.17, 15) is 0 Å². The summed E-state index contributed by atoms with van der Waals surface area (Å²) in [6, 6.07) is 0. The molecule has 0 saturated carbocycles. The molecule has 0 heterocycles. The highest BCUT2D eigenvalue weighted by atomic mass is 16.5. The summed E-state index contributed by atoms with van der Waals surface area (Å²) >= 11 is 0. The minimum Gasteiger partial charge on any atom is -0.367 e. The Balaban J connectivity index is 4.42. The van der Waals surface area contributed by atoms with Gasteiger partial charge in [-0.2, -0.15) is 0 Å². The van der Waals surface area contributed by atoms with Gasteiger partial charge in [-0.25, -0.2) is 0 Å². The number of ether oxygens (including phenoxy) is 1. The van der Waals surface area contributed by atoms with Gasteiger partial charge in [0.15, 0.2) is 0 Å². The predicted molar refractivity (Wildman–Crippen MR) is 77.2 cm³/mol. The first-order chi connectivity index (χ1) is 7.57. The third-order valence-corrected chi connectivity index (χ3v) is 2.50. The van der Waals surface area contributed by atoms with Gasteiger partial charge in [-0.15, -0.1) is 13.2 Å². The van der Waals surface area contributed by atoms with Crippen molar-refractivity contribution < 1.29 is 4.74 Å². The minimum absolute atomic E-state index is 0.111. The molecule has 1 nitrogen and oxygen atoms in total. The molecule has 0 bridgehead atoms. The lowest BCUT2D eigenvalue weighted by Gasteiger charge is -2.30. The van der Waals surface area contributed by atoms with E-state index in [0.717, 1.165) is 12.8 Å². The van der Waals surface area contributed by atoms with Gasteiger partial charge in [0.1, 0.15) is 0 Å². The SMILES string of the molecule is C=CC(CC(C)(C)C)OC(C=C)CC(C)(C)C. The number of rotatable bonds is 6. The number of hydrogen-bond acceptors (Lipinski definition) is 1. The zero-order valence-corrected chi connectivity index (χ0v) is 12.5. The van der Waals surface area contributed by atoms with Crippen molar-refractivity contribution in [1.82, 2.24) is 0 Å². The molecule has 0 aromatic rings. The zero-order chi connectivity index (χ0) is 13.7. The lowest BCUT2D eigenvalue weighted by atomic mass is 9.87. The molecule has 1 heteroatoms. The standard InChI is InChI=1S/C16H30O/c1-9-13(11-15(3,4)5)17-14(10-2)12-16(6,7)8/h9-10,13-14H,1-2,11-12H2,3-8H3. The fourth-order valence-corrected chi connectivity index (χ4v) is 1.81. The smallest absolute Gasteiger partial charge is 0.0766 e. The van der Waals surface area contributed by atoms with Crippen LogP contribution in [0.25, 0.3) is 0 Å². The Morgan fingerprint density at radius 3 is 1.29 bits per heavy atom. The van der Waals surface area contributed by atoms with Crippen molar-refractivity contribution >= 4 is 0 Å². The van der Waals surface area contributed by atoms with Gasteiger partial charge in [0.25, 0.3) is 0 Å². The van der Waals surface area contributed by atoms with Crippen LogP contribution in [0, 0.1) is 10.8 Å². The maximum Gasteiger partial charge on any atom is 0.0766 e. The normalized spacial score (nSPS) is 16.4. The molecule has 0 aromatic heterocycles. The fourth-order valence-electron chi connectivity index (χ4n) is 1.81. The van der Waals surface area contributed by atoms with E-state index in [4.69, 9.17) is 4.74 Å². The molecule has 100 valence electrons. The van der Waals surface area contributed by atoms with Crippen molar-refractivity contribution in [2.75, 3.05) is 0 Å². The quantitative estimate of drug-likeness (QED) is 0.593. The second-order valence-corrected chi connectivity index (χ2v) is 7.21. The molecule has 17 heavy (non-hydrogen) atoms. The maximum atomic E-state index is 6.06. The van der Waals surface area contributed by atoms with Gasteiger partial charge in [-0.3, -0.25) is 0 Å². The van der Waals surface area contributed by atoms with E-state index in [2.05, 4.69) is 54.7 Å². The summed E-state index contributed by atoms with van der Waals surface area (Å²) in [6.07, 6.45) is 6.02. The average molecular weight is 238 g/mol. The zero-order valence-electron chi connectivity index (χ0n) is 12.5. The van der Waals surface area contributed by atoms with Crippen LogP contribution in [0.3, 0.4) is 0 Å². The molecule has 0 aliphatic rings. The molecule has 2 atom stereocenters. The van der Waals surface area contributed by atoms with Crippen LogP contribution in [-0.4, -0.2) is 12.2 Å². The molecular weight excluding hydrogens is 208 g/mol. The Hall–Kier alpha value is -0.560. The summed E-state index contributed by atoms with van der Waals surface area (Å²) in [5, 5.41) is 0. The first-order valence-corrected chi connectivity index (χ1v) is 6.48. The summed E-state index contributed by atoms with van der Waals surface area (Å²) in [4.78, 5) is 0. The lowest BCUT2D eigenvalue weighted by Crippen LogP contribution is -2.26. The van der Waals surface area contributed by atoms with Crippen LogP contribution < -0.4 is 0 Å². The van der Waals surface area contributed by atoms with E-state index in [0.29, 0.717) is 0 Å². The average Bonchev–Trinajstić information content (AvgIpc) is 2.11.